The lowest BCUT2D eigenvalue weighted by Crippen LogP contribution is -2.18. The molecule has 4 heteroatoms. The van der Waals surface area contributed by atoms with Gasteiger partial charge in [0.25, 0.3) is 0 Å². The number of aliphatic imine (C=N–C) groups is 1. The van der Waals surface area contributed by atoms with E-state index in [9.17, 15) is 0 Å². The molecule has 0 saturated carbocycles. The number of nitrogens with zero attached hydrogens (tertiary/aromatic N) is 3. The normalized spacial score (nSPS) is 14.6. The Morgan fingerprint density at radius 2 is 2.00 bits per heavy atom. The van der Waals surface area contributed by atoms with Gasteiger partial charge < -0.3 is 0 Å². The molecule has 3 nitrogen and oxygen atoms in total. The Kier molecular flexibility index (Phi) is 2.07. The highest BCUT2D eigenvalue weighted by Crippen LogP contribution is 2.28. The van der Waals surface area contributed by atoms with Gasteiger partial charge in [-0.25, -0.2) is 9.97 Å². The first-order valence-electron chi connectivity index (χ1n) is 4.55. The minimum absolute atomic E-state index is 0.00956. The molecule has 0 fully saturated rings. The molecule has 0 bridgehead atoms. The average Bonchev–Trinajstić information content (AvgIpc) is 2.47. The zero-order valence-corrected chi connectivity index (χ0v) is 9.26. The Labute approximate surface area is 88.3 Å². The summed E-state index contributed by atoms with van der Waals surface area (Å²) in [5.74, 6) is 0. The minimum atomic E-state index is -0.00956. The summed E-state index contributed by atoms with van der Waals surface area (Å²) in [5, 5.41) is 0.307. The van der Waals surface area contributed by atoms with E-state index in [1.54, 1.807) is 6.21 Å². The first-order chi connectivity index (χ1) is 6.48. The van der Waals surface area contributed by atoms with Gasteiger partial charge in [-0.15, -0.1) is 0 Å². The lowest BCUT2D eigenvalue weighted by Gasteiger charge is -2.20. The summed E-state index contributed by atoms with van der Waals surface area (Å²) in [4.78, 5) is 12.6. The molecule has 2 rings (SSSR count). The van der Waals surface area contributed by atoms with Crippen LogP contribution in [0.3, 0.4) is 0 Å². The van der Waals surface area contributed by atoms with Crippen molar-refractivity contribution < 1.29 is 0 Å². The zero-order valence-electron chi connectivity index (χ0n) is 8.50. The van der Waals surface area contributed by atoms with Crippen molar-refractivity contribution in [2.45, 2.75) is 32.7 Å². The van der Waals surface area contributed by atoms with E-state index in [4.69, 9.17) is 11.6 Å². The summed E-state index contributed by atoms with van der Waals surface area (Å²) in [5.41, 5.74) is 2.98. The van der Waals surface area contributed by atoms with Crippen LogP contribution in [0, 0.1) is 0 Å². The second kappa shape index (κ2) is 3.02. The van der Waals surface area contributed by atoms with Crippen molar-refractivity contribution in [2.75, 3.05) is 0 Å². The van der Waals surface area contributed by atoms with Gasteiger partial charge in [0.05, 0.1) is 17.9 Å². The third-order valence-electron chi connectivity index (χ3n) is 2.19. The Bertz CT molecular complexity index is 405. The maximum absolute atomic E-state index is 5.85. The summed E-state index contributed by atoms with van der Waals surface area (Å²) >= 11 is 5.85. The number of halogens is 1. The fraction of sp³-hybridized carbons (Fsp3) is 0.500. The Morgan fingerprint density at radius 1 is 1.29 bits per heavy atom. The molecule has 0 aliphatic carbocycles. The summed E-state index contributed by atoms with van der Waals surface area (Å²) in [6.07, 6.45) is 1.76. The standard InChI is InChI=1S/C10H12ClN3/c1-10(2,3)8-6-4-12-5-7(6)13-9(11)14-8/h5H,4H2,1-3H3. The van der Waals surface area contributed by atoms with Crippen LogP contribution in [-0.4, -0.2) is 16.2 Å². The molecule has 0 unspecified atom stereocenters. The van der Waals surface area contributed by atoms with Crippen molar-refractivity contribution in [3.8, 4) is 0 Å². The predicted octanol–water partition coefficient (Wildman–Crippen LogP) is 2.36. The highest BCUT2D eigenvalue weighted by molar-refractivity contribution is 6.28. The van der Waals surface area contributed by atoms with Crippen LogP contribution in [0.15, 0.2) is 4.99 Å². The second-order valence-corrected chi connectivity index (χ2v) is 4.76. The van der Waals surface area contributed by atoms with Crippen LogP contribution in [0.5, 0.6) is 0 Å². The van der Waals surface area contributed by atoms with Gasteiger partial charge in [0, 0.05) is 17.2 Å². The summed E-state index contributed by atoms with van der Waals surface area (Å²) in [7, 11) is 0. The quantitative estimate of drug-likeness (QED) is 0.616. The monoisotopic (exact) mass is 209 g/mol. The highest BCUT2D eigenvalue weighted by atomic mass is 35.5. The molecule has 0 saturated heterocycles. The number of rotatable bonds is 0. The topological polar surface area (TPSA) is 38.1 Å². The molecule has 1 aromatic heterocycles. The van der Waals surface area contributed by atoms with Crippen LogP contribution < -0.4 is 0 Å². The van der Waals surface area contributed by atoms with Crippen molar-refractivity contribution in [3.05, 3.63) is 22.2 Å². The van der Waals surface area contributed by atoms with Crippen LogP contribution in [0.2, 0.25) is 5.28 Å². The van der Waals surface area contributed by atoms with Crippen LogP contribution in [-0.2, 0) is 12.0 Å². The van der Waals surface area contributed by atoms with Crippen LogP contribution in [0.1, 0.15) is 37.7 Å². The van der Waals surface area contributed by atoms with E-state index < -0.39 is 0 Å². The van der Waals surface area contributed by atoms with Crippen molar-refractivity contribution in [2.24, 2.45) is 4.99 Å². The summed E-state index contributed by atoms with van der Waals surface area (Å²) in [6.45, 7) is 7.03. The SMILES string of the molecule is CC(C)(C)c1nc(Cl)nc2c1CN=C2. The van der Waals surface area contributed by atoms with Gasteiger partial charge in [-0.1, -0.05) is 20.8 Å². The molecular weight excluding hydrogens is 198 g/mol. The molecule has 1 aromatic rings. The minimum Gasteiger partial charge on any atom is -0.286 e. The predicted molar refractivity (Wildman–Crippen MR) is 57.0 cm³/mol. The maximum Gasteiger partial charge on any atom is 0.223 e. The second-order valence-electron chi connectivity index (χ2n) is 4.42. The third-order valence-corrected chi connectivity index (χ3v) is 2.35. The van der Waals surface area contributed by atoms with Gasteiger partial charge in [-0.3, -0.25) is 4.99 Å². The van der Waals surface area contributed by atoms with Crippen molar-refractivity contribution in [1.29, 1.82) is 0 Å². The Balaban J connectivity index is 2.63. The van der Waals surface area contributed by atoms with E-state index in [-0.39, 0.29) is 5.41 Å². The van der Waals surface area contributed by atoms with E-state index in [1.165, 1.54) is 0 Å². The molecule has 0 N–H and O–H groups in total. The van der Waals surface area contributed by atoms with Gasteiger partial charge in [-0.2, -0.15) is 0 Å². The lowest BCUT2D eigenvalue weighted by atomic mass is 9.88. The number of hydrogen-bond donors (Lipinski definition) is 0. The lowest BCUT2D eigenvalue weighted by molar-refractivity contribution is 0.559. The maximum atomic E-state index is 5.85. The first-order valence-corrected chi connectivity index (χ1v) is 4.93. The van der Waals surface area contributed by atoms with Gasteiger partial charge in [-0.05, 0) is 11.6 Å². The fourth-order valence-corrected chi connectivity index (χ4v) is 1.75. The van der Waals surface area contributed by atoms with Gasteiger partial charge in [0.1, 0.15) is 0 Å². The zero-order chi connectivity index (χ0) is 10.3. The van der Waals surface area contributed by atoms with Crippen LogP contribution >= 0.6 is 11.6 Å². The molecule has 0 aromatic carbocycles. The molecule has 2 heterocycles. The Morgan fingerprint density at radius 3 is 2.64 bits per heavy atom. The third kappa shape index (κ3) is 1.52. The molecule has 14 heavy (non-hydrogen) atoms. The van der Waals surface area contributed by atoms with E-state index in [0.29, 0.717) is 11.8 Å². The summed E-state index contributed by atoms with van der Waals surface area (Å²) < 4.78 is 0. The number of hydrogen-bond acceptors (Lipinski definition) is 3. The van der Waals surface area contributed by atoms with Gasteiger partial charge in [0.2, 0.25) is 5.28 Å². The highest BCUT2D eigenvalue weighted by Gasteiger charge is 2.24. The van der Waals surface area contributed by atoms with Gasteiger partial charge >= 0.3 is 0 Å². The van der Waals surface area contributed by atoms with Crippen LogP contribution in [0.4, 0.5) is 0 Å². The molecule has 0 amide bonds. The summed E-state index contributed by atoms with van der Waals surface area (Å²) in [6, 6.07) is 0. The molecular formula is C10H12ClN3. The van der Waals surface area contributed by atoms with Crippen LogP contribution in [0.25, 0.3) is 0 Å². The van der Waals surface area contributed by atoms with E-state index in [0.717, 1.165) is 17.0 Å². The van der Waals surface area contributed by atoms with Gasteiger partial charge in [0.15, 0.2) is 0 Å². The number of fused-ring (bicyclic) bond motifs is 1. The Hall–Kier alpha value is -0.960. The first kappa shape index (κ1) is 9.59. The average molecular weight is 210 g/mol. The molecule has 1 aliphatic rings. The number of aromatic nitrogens is 2. The molecule has 1 aliphatic heterocycles. The van der Waals surface area contributed by atoms with E-state index in [2.05, 4.69) is 35.7 Å². The van der Waals surface area contributed by atoms with E-state index >= 15 is 0 Å². The fourth-order valence-electron chi connectivity index (χ4n) is 1.58. The van der Waals surface area contributed by atoms with E-state index in [1.807, 2.05) is 0 Å². The van der Waals surface area contributed by atoms with Crippen molar-refractivity contribution >= 4 is 17.8 Å². The molecule has 0 spiro atoms. The smallest absolute Gasteiger partial charge is 0.223 e. The largest absolute Gasteiger partial charge is 0.286 e. The van der Waals surface area contributed by atoms with Crippen molar-refractivity contribution in [1.82, 2.24) is 9.97 Å². The molecule has 0 atom stereocenters. The molecule has 0 radical (unpaired) electrons. The van der Waals surface area contributed by atoms with Crippen molar-refractivity contribution in [3.63, 3.8) is 0 Å². The molecule has 74 valence electrons.